The minimum Gasteiger partial charge on any atom is -0.313 e. The van der Waals surface area contributed by atoms with Crippen LogP contribution in [-0.2, 0) is 6.54 Å². The molecule has 1 saturated carbocycles. The maximum Gasteiger partial charge on any atom is 0.0815 e. The average Bonchev–Trinajstić information content (AvgIpc) is 3.28. The summed E-state index contributed by atoms with van der Waals surface area (Å²) in [7, 11) is 0. The largest absolute Gasteiger partial charge is 0.313 e. The molecule has 112 valence electrons. The fourth-order valence-corrected chi connectivity index (χ4v) is 2.60. The molecule has 0 bridgehead atoms. The van der Waals surface area contributed by atoms with Crippen molar-refractivity contribution >= 4 is 11.6 Å². The third-order valence-electron chi connectivity index (χ3n) is 4.21. The van der Waals surface area contributed by atoms with Crippen LogP contribution in [0.2, 0.25) is 5.02 Å². The average molecular weight is 304 g/mol. The van der Waals surface area contributed by atoms with Gasteiger partial charge in [-0.2, -0.15) is 5.10 Å². The van der Waals surface area contributed by atoms with Crippen molar-refractivity contribution in [1.82, 2.24) is 15.1 Å². The van der Waals surface area contributed by atoms with Crippen molar-refractivity contribution in [2.75, 3.05) is 6.54 Å². The van der Waals surface area contributed by atoms with Crippen LogP contribution in [0.25, 0.3) is 0 Å². The first-order chi connectivity index (χ1) is 10.1. The van der Waals surface area contributed by atoms with Crippen LogP contribution in [0, 0.1) is 6.92 Å². The molecule has 1 heterocycles. The van der Waals surface area contributed by atoms with Crippen LogP contribution >= 0.6 is 11.6 Å². The lowest BCUT2D eigenvalue weighted by atomic mass is 10.00. The van der Waals surface area contributed by atoms with Crippen molar-refractivity contribution in [3.05, 3.63) is 52.3 Å². The molecule has 1 aromatic heterocycles. The SMILES string of the molecule is Cc1c(Cl)cnn1Cc1ccc(C(C)CNC2CC2)cc1. The molecule has 2 aromatic rings. The highest BCUT2D eigenvalue weighted by Crippen LogP contribution is 2.22. The highest BCUT2D eigenvalue weighted by Gasteiger charge is 2.21. The van der Waals surface area contributed by atoms with E-state index in [0.717, 1.165) is 29.8 Å². The van der Waals surface area contributed by atoms with Gasteiger partial charge in [-0.15, -0.1) is 0 Å². The van der Waals surface area contributed by atoms with Crippen LogP contribution in [0.4, 0.5) is 0 Å². The van der Waals surface area contributed by atoms with Crippen molar-refractivity contribution in [3.63, 3.8) is 0 Å². The third-order valence-corrected chi connectivity index (χ3v) is 4.59. The molecule has 1 fully saturated rings. The van der Waals surface area contributed by atoms with E-state index >= 15 is 0 Å². The van der Waals surface area contributed by atoms with Crippen molar-refractivity contribution in [3.8, 4) is 0 Å². The van der Waals surface area contributed by atoms with Gasteiger partial charge in [0.1, 0.15) is 0 Å². The fourth-order valence-electron chi connectivity index (χ4n) is 2.46. The molecule has 1 atom stereocenters. The van der Waals surface area contributed by atoms with E-state index in [2.05, 4.69) is 41.6 Å². The summed E-state index contributed by atoms with van der Waals surface area (Å²) in [5.41, 5.74) is 3.66. The summed E-state index contributed by atoms with van der Waals surface area (Å²) in [6.45, 7) is 6.11. The lowest BCUT2D eigenvalue weighted by molar-refractivity contribution is 0.611. The predicted octanol–water partition coefficient (Wildman–Crippen LogP) is 3.75. The Morgan fingerprint density at radius 1 is 1.33 bits per heavy atom. The van der Waals surface area contributed by atoms with Gasteiger partial charge in [-0.1, -0.05) is 42.8 Å². The Bertz CT molecular complexity index is 599. The van der Waals surface area contributed by atoms with E-state index in [1.165, 1.54) is 24.0 Å². The lowest BCUT2D eigenvalue weighted by Gasteiger charge is -2.13. The van der Waals surface area contributed by atoms with Crippen molar-refractivity contribution < 1.29 is 0 Å². The van der Waals surface area contributed by atoms with Crippen LogP contribution < -0.4 is 5.32 Å². The summed E-state index contributed by atoms with van der Waals surface area (Å²) in [4.78, 5) is 0. The molecule has 0 spiro atoms. The van der Waals surface area contributed by atoms with Gasteiger partial charge in [0.2, 0.25) is 0 Å². The maximum absolute atomic E-state index is 6.04. The van der Waals surface area contributed by atoms with E-state index in [1.807, 2.05) is 11.6 Å². The second kappa shape index (κ2) is 6.20. The number of halogens is 1. The monoisotopic (exact) mass is 303 g/mol. The Kier molecular flexibility index (Phi) is 4.32. The van der Waals surface area contributed by atoms with Gasteiger partial charge in [0.15, 0.2) is 0 Å². The first-order valence-corrected chi connectivity index (χ1v) is 8.01. The molecule has 4 heteroatoms. The molecule has 21 heavy (non-hydrogen) atoms. The summed E-state index contributed by atoms with van der Waals surface area (Å²) in [6.07, 6.45) is 4.39. The smallest absolute Gasteiger partial charge is 0.0815 e. The summed E-state index contributed by atoms with van der Waals surface area (Å²) in [5, 5.41) is 8.62. The first-order valence-electron chi connectivity index (χ1n) is 7.63. The van der Waals surface area contributed by atoms with Crippen LogP contribution in [0.1, 0.15) is 42.5 Å². The molecule has 0 aliphatic heterocycles. The standard InChI is InChI=1S/C17H22ClN3/c1-12(9-19-16-7-8-16)15-5-3-14(4-6-15)11-21-13(2)17(18)10-20-21/h3-6,10,12,16,19H,7-9,11H2,1-2H3. The van der Waals surface area contributed by atoms with Crippen LogP contribution in [0.5, 0.6) is 0 Å². The maximum atomic E-state index is 6.04. The Balaban J connectivity index is 1.61. The molecule has 1 aliphatic rings. The Labute approximate surface area is 131 Å². The second-order valence-corrected chi connectivity index (χ2v) is 6.47. The molecule has 1 aromatic carbocycles. The zero-order chi connectivity index (χ0) is 14.8. The molecule has 3 nitrogen and oxygen atoms in total. The van der Waals surface area contributed by atoms with E-state index in [-0.39, 0.29) is 0 Å². The van der Waals surface area contributed by atoms with Gasteiger partial charge in [-0.3, -0.25) is 4.68 Å². The highest BCUT2D eigenvalue weighted by atomic mass is 35.5. The molecule has 0 amide bonds. The highest BCUT2D eigenvalue weighted by molar-refractivity contribution is 6.31. The fraction of sp³-hybridized carbons (Fsp3) is 0.471. The van der Waals surface area contributed by atoms with Crippen LogP contribution in [-0.4, -0.2) is 22.4 Å². The van der Waals surface area contributed by atoms with Gasteiger partial charge in [0.05, 0.1) is 23.5 Å². The predicted molar refractivity (Wildman–Crippen MR) is 87.0 cm³/mol. The van der Waals surface area contributed by atoms with Gasteiger partial charge in [-0.05, 0) is 36.8 Å². The molecule has 0 saturated heterocycles. The molecule has 3 rings (SSSR count). The van der Waals surface area contributed by atoms with Gasteiger partial charge >= 0.3 is 0 Å². The van der Waals surface area contributed by atoms with E-state index in [9.17, 15) is 0 Å². The zero-order valence-corrected chi connectivity index (χ0v) is 13.4. The Morgan fingerprint density at radius 3 is 2.62 bits per heavy atom. The Morgan fingerprint density at radius 2 is 2.05 bits per heavy atom. The molecule has 1 N–H and O–H groups in total. The van der Waals surface area contributed by atoms with Crippen LogP contribution in [0.3, 0.4) is 0 Å². The Hall–Kier alpha value is -1.32. The summed E-state index contributed by atoms with van der Waals surface area (Å²) in [5.74, 6) is 0.556. The van der Waals surface area contributed by atoms with Crippen molar-refractivity contribution in [2.45, 2.75) is 45.2 Å². The van der Waals surface area contributed by atoms with E-state index in [0.29, 0.717) is 5.92 Å². The number of benzene rings is 1. The molecular weight excluding hydrogens is 282 g/mol. The summed E-state index contributed by atoms with van der Waals surface area (Å²) >= 11 is 6.04. The normalized spacial score (nSPS) is 16.1. The summed E-state index contributed by atoms with van der Waals surface area (Å²) in [6, 6.07) is 9.62. The van der Waals surface area contributed by atoms with Gasteiger partial charge in [-0.25, -0.2) is 0 Å². The van der Waals surface area contributed by atoms with Gasteiger partial charge in [0.25, 0.3) is 0 Å². The van der Waals surface area contributed by atoms with Crippen LogP contribution in [0.15, 0.2) is 30.5 Å². The summed E-state index contributed by atoms with van der Waals surface area (Å²) < 4.78 is 1.94. The van der Waals surface area contributed by atoms with E-state index in [4.69, 9.17) is 11.6 Å². The number of aromatic nitrogens is 2. The van der Waals surface area contributed by atoms with Crippen molar-refractivity contribution in [1.29, 1.82) is 0 Å². The van der Waals surface area contributed by atoms with E-state index < -0.39 is 0 Å². The lowest BCUT2D eigenvalue weighted by Crippen LogP contribution is -2.22. The number of nitrogens with one attached hydrogen (secondary N) is 1. The van der Waals surface area contributed by atoms with Crippen molar-refractivity contribution in [2.24, 2.45) is 0 Å². The van der Waals surface area contributed by atoms with Gasteiger partial charge < -0.3 is 5.32 Å². The number of hydrogen-bond acceptors (Lipinski definition) is 2. The number of hydrogen-bond donors (Lipinski definition) is 1. The number of rotatable bonds is 6. The number of nitrogens with zero attached hydrogens (tertiary/aromatic N) is 2. The topological polar surface area (TPSA) is 29.9 Å². The molecule has 1 aliphatic carbocycles. The minimum absolute atomic E-state index is 0.556. The molecular formula is C17H22ClN3. The molecule has 0 radical (unpaired) electrons. The minimum atomic E-state index is 0.556. The quantitative estimate of drug-likeness (QED) is 0.881. The third kappa shape index (κ3) is 3.66. The zero-order valence-electron chi connectivity index (χ0n) is 12.6. The first kappa shape index (κ1) is 14.6. The van der Waals surface area contributed by atoms with Gasteiger partial charge in [0, 0.05) is 12.6 Å². The van der Waals surface area contributed by atoms with E-state index in [1.54, 1.807) is 6.20 Å². The second-order valence-electron chi connectivity index (χ2n) is 6.06. The molecule has 1 unspecified atom stereocenters.